The van der Waals surface area contributed by atoms with Gasteiger partial charge in [-0.15, -0.1) is 0 Å². The molecule has 6 rings (SSSR count). The van der Waals surface area contributed by atoms with Crippen molar-refractivity contribution < 1.29 is 19.8 Å². The second-order valence-corrected chi connectivity index (χ2v) is 8.81. The van der Waals surface area contributed by atoms with Crippen LogP contribution in [0.15, 0.2) is 91.0 Å². The molecule has 0 heterocycles. The molecule has 1 aliphatic rings. The predicted octanol–water partition coefficient (Wildman–Crippen LogP) is 6.99. The van der Waals surface area contributed by atoms with Crippen molar-refractivity contribution in [3.8, 4) is 11.1 Å². The number of benzene rings is 5. The van der Waals surface area contributed by atoms with E-state index in [-0.39, 0.29) is 5.56 Å². The van der Waals surface area contributed by atoms with E-state index in [0.29, 0.717) is 6.42 Å². The Balaban J connectivity index is 1.46. The number of rotatable bonds is 4. The SMILES string of the molecule is O=C(O)c1ccc(-c2cc3ccc4cc(C5=CCC(C(=O)O)C=C5)cc5ccc(c2)c3c45)cc1. The molecule has 2 N–H and O–H groups in total. The lowest BCUT2D eigenvalue weighted by Gasteiger charge is -2.16. The second kappa shape index (κ2) is 7.56. The molecule has 4 nitrogen and oxygen atoms in total. The topological polar surface area (TPSA) is 74.6 Å². The maximum absolute atomic E-state index is 11.2. The van der Waals surface area contributed by atoms with Crippen molar-refractivity contribution in [1.82, 2.24) is 0 Å². The van der Waals surface area contributed by atoms with Crippen LogP contribution in [0.5, 0.6) is 0 Å². The van der Waals surface area contributed by atoms with Crippen LogP contribution in [-0.4, -0.2) is 22.2 Å². The van der Waals surface area contributed by atoms with Crippen molar-refractivity contribution in [2.24, 2.45) is 5.92 Å². The molecule has 5 aromatic carbocycles. The van der Waals surface area contributed by atoms with Gasteiger partial charge in [0.1, 0.15) is 0 Å². The molecular weight excluding hydrogens is 424 g/mol. The Bertz CT molecular complexity index is 1610. The summed E-state index contributed by atoms with van der Waals surface area (Å²) >= 11 is 0. The molecule has 0 amide bonds. The molecule has 5 aromatic rings. The fourth-order valence-electron chi connectivity index (χ4n) is 4.99. The van der Waals surface area contributed by atoms with Crippen LogP contribution in [0.3, 0.4) is 0 Å². The van der Waals surface area contributed by atoms with Crippen LogP contribution in [0.2, 0.25) is 0 Å². The lowest BCUT2D eigenvalue weighted by Crippen LogP contribution is -2.11. The van der Waals surface area contributed by atoms with Gasteiger partial charge in [-0.25, -0.2) is 4.79 Å². The summed E-state index contributed by atoms with van der Waals surface area (Å²) in [7, 11) is 0. The molecule has 1 aliphatic carbocycles. The first-order valence-corrected chi connectivity index (χ1v) is 11.2. The van der Waals surface area contributed by atoms with Crippen LogP contribution in [-0.2, 0) is 4.79 Å². The normalized spacial score (nSPS) is 15.8. The van der Waals surface area contributed by atoms with Gasteiger partial charge in [-0.2, -0.15) is 0 Å². The molecule has 0 saturated carbocycles. The number of carbonyl (C=O) groups is 2. The predicted molar refractivity (Wildman–Crippen MR) is 135 cm³/mol. The highest BCUT2D eigenvalue weighted by Crippen LogP contribution is 2.39. The third-order valence-electron chi connectivity index (χ3n) is 6.75. The average molecular weight is 444 g/mol. The van der Waals surface area contributed by atoms with Gasteiger partial charge < -0.3 is 10.2 Å². The molecule has 0 aromatic heterocycles. The number of aliphatic carboxylic acids is 1. The highest BCUT2D eigenvalue weighted by molar-refractivity contribution is 6.24. The zero-order chi connectivity index (χ0) is 23.4. The number of aromatic carboxylic acids is 1. The van der Waals surface area contributed by atoms with E-state index in [9.17, 15) is 19.8 Å². The van der Waals surface area contributed by atoms with Gasteiger partial charge in [0, 0.05) is 0 Å². The molecule has 4 heteroatoms. The van der Waals surface area contributed by atoms with Crippen LogP contribution in [0, 0.1) is 5.92 Å². The second-order valence-electron chi connectivity index (χ2n) is 8.81. The van der Waals surface area contributed by atoms with E-state index in [1.54, 1.807) is 18.2 Å². The quantitative estimate of drug-likeness (QED) is 0.293. The summed E-state index contributed by atoms with van der Waals surface area (Å²) in [5.41, 5.74) is 4.45. The first-order chi connectivity index (χ1) is 16.5. The van der Waals surface area contributed by atoms with Crippen LogP contribution in [0.25, 0.3) is 49.0 Å². The Kier molecular flexibility index (Phi) is 4.49. The van der Waals surface area contributed by atoms with E-state index in [1.165, 1.54) is 10.8 Å². The molecule has 1 unspecified atom stereocenters. The van der Waals surface area contributed by atoms with Crippen LogP contribution in [0.1, 0.15) is 22.3 Å². The minimum Gasteiger partial charge on any atom is -0.481 e. The zero-order valence-corrected chi connectivity index (χ0v) is 18.2. The number of allylic oxidation sites excluding steroid dienone is 3. The van der Waals surface area contributed by atoms with Crippen LogP contribution < -0.4 is 0 Å². The van der Waals surface area contributed by atoms with Crippen molar-refractivity contribution in [2.45, 2.75) is 6.42 Å². The first kappa shape index (κ1) is 20.2. The van der Waals surface area contributed by atoms with E-state index < -0.39 is 17.9 Å². The maximum Gasteiger partial charge on any atom is 0.335 e. The lowest BCUT2D eigenvalue weighted by molar-refractivity contribution is -0.139. The van der Waals surface area contributed by atoms with E-state index >= 15 is 0 Å². The molecular formula is C30H20O4. The Morgan fingerprint density at radius 2 is 1.21 bits per heavy atom. The van der Waals surface area contributed by atoms with Crippen molar-refractivity contribution in [1.29, 1.82) is 0 Å². The minimum atomic E-state index is -0.928. The molecule has 0 saturated heterocycles. The van der Waals surface area contributed by atoms with Crippen molar-refractivity contribution in [2.75, 3.05) is 0 Å². The number of carboxylic acid groups (broad SMARTS) is 2. The lowest BCUT2D eigenvalue weighted by atomic mass is 9.87. The van der Waals surface area contributed by atoms with Crippen LogP contribution in [0.4, 0.5) is 0 Å². The first-order valence-electron chi connectivity index (χ1n) is 11.2. The summed E-state index contributed by atoms with van der Waals surface area (Å²) in [6, 6.07) is 24.2. The van der Waals surface area contributed by atoms with E-state index in [4.69, 9.17) is 0 Å². The molecule has 34 heavy (non-hydrogen) atoms. The number of carboxylic acids is 2. The Morgan fingerprint density at radius 3 is 1.65 bits per heavy atom. The molecule has 0 bridgehead atoms. The average Bonchev–Trinajstić information content (AvgIpc) is 2.87. The molecule has 0 radical (unpaired) electrons. The van der Waals surface area contributed by atoms with E-state index in [2.05, 4.69) is 48.5 Å². The van der Waals surface area contributed by atoms with E-state index in [1.807, 2.05) is 24.3 Å². The summed E-state index contributed by atoms with van der Waals surface area (Å²) in [6.07, 6.45) is 6.19. The van der Waals surface area contributed by atoms with Gasteiger partial charge in [-0.1, -0.05) is 54.6 Å². The minimum absolute atomic E-state index is 0.277. The molecule has 0 fully saturated rings. The summed E-state index contributed by atoms with van der Waals surface area (Å²) in [5.74, 6) is -2.18. The largest absolute Gasteiger partial charge is 0.481 e. The number of hydrogen-bond acceptors (Lipinski definition) is 2. The standard InChI is InChI=1S/C30H20O4/c31-29(32)19-5-1-17(2-6-19)25-13-21-9-11-23-15-26(18-3-7-20(8-4-18)30(33)34)16-24-12-10-22(14-25)27(21)28(23)24/h1-7,9-16,20H,8H2,(H,31,32)(H,33,34). The molecule has 164 valence electrons. The van der Waals surface area contributed by atoms with Gasteiger partial charge in [0.15, 0.2) is 0 Å². The van der Waals surface area contributed by atoms with Crippen molar-refractivity contribution in [3.05, 3.63) is 102 Å². The summed E-state index contributed by atoms with van der Waals surface area (Å²) in [4.78, 5) is 22.4. The number of hydrogen-bond donors (Lipinski definition) is 2. The smallest absolute Gasteiger partial charge is 0.335 e. The fourth-order valence-corrected chi connectivity index (χ4v) is 4.99. The van der Waals surface area contributed by atoms with Gasteiger partial charge >= 0.3 is 11.9 Å². The van der Waals surface area contributed by atoms with Gasteiger partial charge in [0.25, 0.3) is 0 Å². The summed E-state index contributed by atoms with van der Waals surface area (Å²) in [6.45, 7) is 0. The Morgan fingerprint density at radius 1 is 0.676 bits per heavy atom. The summed E-state index contributed by atoms with van der Waals surface area (Å²) in [5, 5.41) is 25.4. The third-order valence-corrected chi connectivity index (χ3v) is 6.75. The summed E-state index contributed by atoms with van der Waals surface area (Å²) < 4.78 is 0. The van der Waals surface area contributed by atoms with Gasteiger partial charge in [0.2, 0.25) is 0 Å². The van der Waals surface area contributed by atoms with Gasteiger partial charge in [-0.05, 0) is 97.4 Å². The molecule has 0 aliphatic heterocycles. The van der Waals surface area contributed by atoms with Crippen LogP contribution >= 0.6 is 0 Å². The Labute approximate surface area is 195 Å². The highest BCUT2D eigenvalue weighted by atomic mass is 16.4. The van der Waals surface area contributed by atoms with Gasteiger partial charge in [-0.3, -0.25) is 4.79 Å². The zero-order valence-electron chi connectivity index (χ0n) is 18.2. The van der Waals surface area contributed by atoms with Gasteiger partial charge in [0.05, 0.1) is 11.5 Å². The molecule has 1 atom stereocenters. The third kappa shape index (κ3) is 3.23. The van der Waals surface area contributed by atoms with E-state index in [0.717, 1.165) is 43.8 Å². The van der Waals surface area contributed by atoms with Crippen molar-refractivity contribution in [3.63, 3.8) is 0 Å². The Hall–Kier alpha value is -4.44. The maximum atomic E-state index is 11.2. The highest BCUT2D eigenvalue weighted by Gasteiger charge is 2.17. The fraction of sp³-hybridized carbons (Fsp3) is 0.0667. The molecule has 0 spiro atoms. The monoisotopic (exact) mass is 444 g/mol. The van der Waals surface area contributed by atoms with Crippen molar-refractivity contribution >= 4 is 49.8 Å².